The van der Waals surface area contributed by atoms with Gasteiger partial charge in [-0.2, -0.15) is 26.3 Å². The SMILES string of the molecule is CC(C)(C)CC(C)(C)c1cc(-n2nc3cc(C(F)(F)F)c(C(F)(F)F)cc3n2)c(O)c(C(C)(C)c2ccccc2)c1. The molecule has 0 aliphatic carbocycles. The molecule has 0 spiro atoms. The third-order valence-electron chi connectivity index (χ3n) is 7.36. The molecular weight excluding hydrogens is 544 g/mol. The fourth-order valence-electron chi connectivity index (χ4n) is 5.62. The molecule has 0 amide bonds. The van der Waals surface area contributed by atoms with Crippen LogP contribution in [0.2, 0.25) is 0 Å². The van der Waals surface area contributed by atoms with E-state index >= 15 is 0 Å². The number of fused-ring (bicyclic) bond motifs is 1. The Morgan fingerprint density at radius 2 is 1.15 bits per heavy atom. The molecule has 41 heavy (non-hydrogen) atoms. The van der Waals surface area contributed by atoms with Crippen molar-refractivity contribution in [3.05, 3.63) is 82.4 Å². The molecule has 0 bridgehead atoms. The highest BCUT2D eigenvalue weighted by Crippen LogP contribution is 2.46. The molecule has 10 heteroatoms. The van der Waals surface area contributed by atoms with Crippen molar-refractivity contribution in [2.75, 3.05) is 0 Å². The molecule has 0 unspecified atom stereocenters. The monoisotopic (exact) mass is 577 g/mol. The Balaban J connectivity index is 2.02. The normalized spacial score (nSPS) is 13.7. The molecule has 1 aromatic heterocycles. The van der Waals surface area contributed by atoms with Crippen molar-refractivity contribution in [1.82, 2.24) is 15.0 Å². The number of hydrogen-bond donors (Lipinski definition) is 1. The van der Waals surface area contributed by atoms with Crippen LogP contribution < -0.4 is 0 Å². The van der Waals surface area contributed by atoms with Crippen molar-refractivity contribution >= 4 is 11.0 Å². The van der Waals surface area contributed by atoms with E-state index in [9.17, 15) is 31.4 Å². The Morgan fingerprint density at radius 1 is 0.659 bits per heavy atom. The molecule has 1 heterocycles. The minimum Gasteiger partial charge on any atom is -0.505 e. The third kappa shape index (κ3) is 6.06. The van der Waals surface area contributed by atoms with E-state index in [0.717, 1.165) is 22.3 Å². The second-order valence-corrected chi connectivity index (χ2v) is 12.9. The highest BCUT2D eigenvalue weighted by atomic mass is 19.4. The molecule has 0 saturated heterocycles. The minimum atomic E-state index is -5.26. The summed E-state index contributed by atoms with van der Waals surface area (Å²) in [5.74, 6) is -0.221. The second kappa shape index (κ2) is 9.77. The molecule has 1 N–H and O–H groups in total. The smallest absolute Gasteiger partial charge is 0.417 e. The number of hydrogen-bond acceptors (Lipinski definition) is 3. The number of halogens is 6. The zero-order chi connectivity index (χ0) is 30.8. The van der Waals surface area contributed by atoms with Gasteiger partial charge in [0.15, 0.2) is 0 Å². The number of benzene rings is 3. The Morgan fingerprint density at radius 3 is 1.59 bits per heavy atom. The maximum Gasteiger partial charge on any atom is 0.417 e. The van der Waals surface area contributed by atoms with Crippen LogP contribution in [0, 0.1) is 5.41 Å². The largest absolute Gasteiger partial charge is 0.505 e. The van der Waals surface area contributed by atoms with Crippen molar-refractivity contribution in [2.45, 2.75) is 78.1 Å². The van der Waals surface area contributed by atoms with Gasteiger partial charge in [-0.25, -0.2) is 0 Å². The van der Waals surface area contributed by atoms with Gasteiger partial charge in [0.1, 0.15) is 22.5 Å². The average molecular weight is 578 g/mol. The molecular formula is C31H33F6N3O. The molecule has 0 radical (unpaired) electrons. The van der Waals surface area contributed by atoms with Crippen molar-refractivity contribution in [1.29, 1.82) is 0 Å². The van der Waals surface area contributed by atoms with Crippen LogP contribution in [0.4, 0.5) is 26.3 Å². The summed E-state index contributed by atoms with van der Waals surface area (Å²) in [6.45, 7) is 14.3. The Labute approximate surface area is 235 Å². The van der Waals surface area contributed by atoms with Crippen LogP contribution in [0.1, 0.15) is 82.7 Å². The summed E-state index contributed by atoms with van der Waals surface area (Å²) >= 11 is 0. The molecule has 0 aliphatic heterocycles. The van der Waals surface area contributed by atoms with Gasteiger partial charge in [-0.05, 0) is 46.6 Å². The highest BCUT2D eigenvalue weighted by molar-refractivity contribution is 5.77. The van der Waals surface area contributed by atoms with E-state index in [1.54, 1.807) is 6.07 Å². The molecule has 4 aromatic rings. The van der Waals surface area contributed by atoms with Crippen molar-refractivity contribution < 1.29 is 31.4 Å². The average Bonchev–Trinajstić information content (AvgIpc) is 3.24. The van der Waals surface area contributed by atoms with Crippen LogP contribution in [-0.4, -0.2) is 20.1 Å². The number of rotatable bonds is 5. The lowest BCUT2D eigenvalue weighted by atomic mass is 9.70. The van der Waals surface area contributed by atoms with Crippen LogP contribution >= 0.6 is 0 Å². The van der Waals surface area contributed by atoms with E-state index in [4.69, 9.17) is 0 Å². The summed E-state index contributed by atoms with van der Waals surface area (Å²) in [6, 6.07) is 13.7. The van der Waals surface area contributed by atoms with Crippen LogP contribution in [0.5, 0.6) is 5.75 Å². The maximum atomic E-state index is 13.6. The molecule has 0 aliphatic rings. The summed E-state index contributed by atoms with van der Waals surface area (Å²) in [6.07, 6.45) is -9.77. The summed E-state index contributed by atoms with van der Waals surface area (Å²) < 4.78 is 81.4. The van der Waals surface area contributed by atoms with Gasteiger partial charge >= 0.3 is 12.4 Å². The van der Waals surface area contributed by atoms with Crippen molar-refractivity contribution in [3.63, 3.8) is 0 Å². The van der Waals surface area contributed by atoms with Crippen LogP contribution in [-0.2, 0) is 23.2 Å². The highest BCUT2D eigenvalue weighted by Gasteiger charge is 2.44. The topological polar surface area (TPSA) is 50.9 Å². The van der Waals surface area contributed by atoms with E-state index in [1.807, 2.05) is 64.1 Å². The lowest BCUT2D eigenvalue weighted by Gasteiger charge is -2.35. The predicted molar refractivity (Wildman–Crippen MR) is 146 cm³/mol. The first-order chi connectivity index (χ1) is 18.6. The molecule has 0 atom stereocenters. The van der Waals surface area contributed by atoms with E-state index in [-0.39, 0.29) is 27.9 Å². The lowest BCUT2D eigenvalue weighted by molar-refractivity contribution is -0.161. The Hall–Kier alpha value is -3.56. The number of phenolic OH excluding ortho intramolecular Hbond substituents is 1. The lowest BCUT2D eigenvalue weighted by Crippen LogP contribution is -2.27. The maximum absolute atomic E-state index is 13.6. The first-order valence-electron chi connectivity index (χ1n) is 13.1. The van der Waals surface area contributed by atoms with Gasteiger partial charge < -0.3 is 5.11 Å². The Kier molecular flexibility index (Phi) is 7.24. The minimum absolute atomic E-state index is 0.0572. The number of nitrogens with zero attached hydrogens (tertiary/aromatic N) is 3. The first-order valence-corrected chi connectivity index (χ1v) is 13.1. The van der Waals surface area contributed by atoms with Gasteiger partial charge in [0.25, 0.3) is 0 Å². The molecule has 220 valence electrons. The summed E-state index contributed by atoms with van der Waals surface area (Å²) in [4.78, 5) is 0.918. The van der Waals surface area contributed by atoms with Crippen molar-refractivity contribution in [2.24, 2.45) is 5.41 Å². The molecule has 3 aromatic carbocycles. The molecule has 0 saturated carbocycles. The summed E-state index contributed by atoms with van der Waals surface area (Å²) in [5, 5.41) is 19.8. The first kappa shape index (κ1) is 30.4. The molecule has 0 fully saturated rings. The van der Waals surface area contributed by atoms with Gasteiger partial charge in [-0.3, -0.25) is 0 Å². The zero-order valence-corrected chi connectivity index (χ0v) is 24.0. The van der Waals surface area contributed by atoms with Gasteiger partial charge in [0, 0.05) is 11.0 Å². The number of phenols is 1. The van der Waals surface area contributed by atoms with E-state index in [0.29, 0.717) is 17.7 Å². The zero-order valence-electron chi connectivity index (χ0n) is 24.0. The Bertz CT molecular complexity index is 1530. The van der Waals surface area contributed by atoms with Gasteiger partial charge in [0.05, 0.1) is 11.1 Å². The fourth-order valence-corrected chi connectivity index (χ4v) is 5.62. The van der Waals surface area contributed by atoms with Crippen LogP contribution in [0.3, 0.4) is 0 Å². The number of aromatic nitrogens is 3. The predicted octanol–water partition coefficient (Wildman–Crippen LogP) is 9.20. The van der Waals surface area contributed by atoms with E-state index in [1.165, 1.54) is 0 Å². The summed E-state index contributed by atoms with van der Waals surface area (Å²) in [5.41, 5.74) is -3.40. The fraction of sp³-hybridized carbons (Fsp3) is 0.419. The van der Waals surface area contributed by atoms with Crippen molar-refractivity contribution in [3.8, 4) is 11.4 Å². The van der Waals surface area contributed by atoms with E-state index in [2.05, 4.69) is 31.0 Å². The quantitative estimate of drug-likeness (QED) is 0.241. The molecule has 4 nitrogen and oxygen atoms in total. The van der Waals surface area contributed by atoms with Gasteiger partial charge in [0.2, 0.25) is 0 Å². The molecule has 4 rings (SSSR count). The van der Waals surface area contributed by atoms with Crippen LogP contribution in [0.15, 0.2) is 54.6 Å². The summed E-state index contributed by atoms with van der Waals surface area (Å²) in [7, 11) is 0. The standard InChI is InChI=1S/C31H33F6N3O/c1-27(2,3)17-28(4,5)19-13-22(29(6,7)18-11-9-8-10-12-18)26(41)25(14-19)40-38-23-15-20(30(32,33)34)21(31(35,36)37)16-24(23)39-40/h8-16,41H,17H2,1-7H3. The van der Waals surface area contributed by atoms with Crippen LogP contribution in [0.25, 0.3) is 16.7 Å². The number of alkyl halides is 6. The van der Waals surface area contributed by atoms with Gasteiger partial charge in [-0.15, -0.1) is 15.0 Å². The number of aromatic hydroxyl groups is 1. The van der Waals surface area contributed by atoms with Gasteiger partial charge in [-0.1, -0.05) is 84.9 Å². The second-order valence-electron chi connectivity index (χ2n) is 12.9. The third-order valence-corrected chi connectivity index (χ3v) is 7.36. The van der Waals surface area contributed by atoms with E-state index < -0.39 is 34.3 Å².